The first kappa shape index (κ1) is 22.5. The molecule has 5 aromatic heterocycles. The van der Waals surface area contributed by atoms with Gasteiger partial charge in [0.1, 0.15) is 16.7 Å². The van der Waals surface area contributed by atoms with Crippen LogP contribution in [0.25, 0.3) is 94.4 Å². The van der Waals surface area contributed by atoms with Crippen LogP contribution in [0.3, 0.4) is 0 Å². The van der Waals surface area contributed by atoms with Crippen LogP contribution in [0, 0.1) is 0 Å². The van der Waals surface area contributed by atoms with Crippen LogP contribution in [0.1, 0.15) is 0 Å². The van der Waals surface area contributed by atoms with Crippen LogP contribution in [0.5, 0.6) is 0 Å². The summed E-state index contributed by atoms with van der Waals surface area (Å²) in [5, 5.41) is 2.28. The van der Waals surface area contributed by atoms with E-state index in [4.69, 9.17) is 14.4 Å². The summed E-state index contributed by atoms with van der Waals surface area (Å²) in [5.74, 6) is 1.76. The molecule has 11 aromatic rings. The zero-order valence-corrected chi connectivity index (χ0v) is 23.3. The Balaban J connectivity index is 1.15. The van der Waals surface area contributed by atoms with Crippen molar-refractivity contribution in [3.63, 3.8) is 0 Å². The van der Waals surface area contributed by atoms with E-state index in [1.165, 1.54) is 11.1 Å². The first-order chi connectivity index (χ1) is 21.8. The molecule has 0 atom stereocenters. The van der Waals surface area contributed by atoms with Crippen LogP contribution in [0.4, 0.5) is 0 Å². The topological polar surface area (TPSA) is 52.2 Å². The maximum absolute atomic E-state index is 6.06. The van der Waals surface area contributed by atoms with E-state index in [1.54, 1.807) is 0 Å². The highest BCUT2D eigenvalue weighted by Gasteiger charge is 2.24. The van der Waals surface area contributed by atoms with Crippen molar-refractivity contribution in [3.8, 4) is 22.3 Å². The third-order valence-electron chi connectivity index (χ3n) is 9.19. The average molecular weight is 564 g/mol. The van der Waals surface area contributed by atoms with E-state index >= 15 is 0 Å². The molecule has 0 saturated heterocycles. The van der Waals surface area contributed by atoms with Crippen molar-refractivity contribution < 1.29 is 4.42 Å². The number of aromatic nitrogens is 5. The van der Waals surface area contributed by atoms with Crippen molar-refractivity contribution in [3.05, 3.63) is 127 Å². The fourth-order valence-corrected chi connectivity index (χ4v) is 7.19. The van der Waals surface area contributed by atoms with Gasteiger partial charge in [0, 0.05) is 10.8 Å². The number of rotatable bonds is 2. The van der Waals surface area contributed by atoms with Crippen molar-refractivity contribution in [2.24, 2.45) is 0 Å². The van der Waals surface area contributed by atoms with E-state index in [2.05, 4.69) is 116 Å². The summed E-state index contributed by atoms with van der Waals surface area (Å²) in [6.45, 7) is 0. The standard InChI is InChI=1S/C38H21N5O/c1-6-12-34-26(7-1)27-19-24(17-18-35(27)44-34)22-13-15-23(16-14-22)25-20-32-36-33(21-25)42-31-11-5-3-9-29(31)40-38(42)43(36)37-39-28-8-2-4-10-30(28)41(32)37/h1-21H. The van der Waals surface area contributed by atoms with Crippen LogP contribution >= 0.6 is 0 Å². The van der Waals surface area contributed by atoms with Gasteiger partial charge in [-0.15, -0.1) is 0 Å². The zero-order chi connectivity index (χ0) is 28.5. The summed E-state index contributed by atoms with van der Waals surface area (Å²) in [5.41, 5.74) is 14.0. The summed E-state index contributed by atoms with van der Waals surface area (Å²) in [6.07, 6.45) is 0. The fraction of sp³-hybridized carbons (Fsp3) is 0. The highest BCUT2D eigenvalue weighted by atomic mass is 16.3. The molecule has 0 fully saturated rings. The lowest BCUT2D eigenvalue weighted by atomic mass is 9.98. The molecule has 0 aliphatic heterocycles. The highest BCUT2D eigenvalue weighted by molar-refractivity contribution is 6.07. The first-order valence-electron chi connectivity index (χ1n) is 14.8. The molecule has 0 unspecified atom stereocenters. The molecule has 5 heterocycles. The molecule has 0 amide bonds. The number of nitrogens with zero attached hydrogens (tertiary/aromatic N) is 5. The van der Waals surface area contributed by atoms with Gasteiger partial charge in [-0.1, -0.05) is 72.8 Å². The van der Waals surface area contributed by atoms with Crippen LogP contribution in [-0.4, -0.2) is 23.2 Å². The van der Waals surface area contributed by atoms with Gasteiger partial charge in [-0.05, 0) is 76.9 Å². The Hall–Kier alpha value is -6.14. The van der Waals surface area contributed by atoms with Gasteiger partial charge in [-0.25, -0.2) is 14.4 Å². The van der Waals surface area contributed by atoms with Gasteiger partial charge in [0.2, 0.25) is 11.6 Å². The van der Waals surface area contributed by atoms with Crippen LogP contribution in [-0.2, 0) is 0 Å². The Bertz CT molecular complexity index is 2820. The van der Waals surface area contributed by atoms with Gasteiger partial charge in [-0.3, -0.25) is 8.80 Å². The number of imidazole rings is 4. The minimum Gasteiger partial charge on any atom is -0.456 e. The van der Waals surface area contributed by atoms with Gasteiger partial charge in [0.25, 0.3) is 0 Å². The summed E-state index contributed by atoms with van der Waals surface area (Å²) in [4.78, 5) is 10.2. The molecular weight excluding hydrogens is 542 g/mol. The molecule has 0 saturated carbocycles. The molecule has 0 aliphatic carbocycles. The predicted octanol–water partition coefficient (Wildman–Crippen LogP) is 9.37. The fourth-order valence-electron chi connectivity index (χ4n) is 7.19. The van der Waals surface area contributed by atoms with E-state index < -0.39 is 0 Å². The van der Waals surface area contributed by atoms with Crippen LogP contribution < -0.4 is 0 Å². The molecule has 6 heteroatoms. The molecule has 11 rings (SSSR count). The molecule has 0 N–H and O–H groups in total. The van der Waals surface area contributed by atoms with Crippen LogP contribution in [0.15, 0.2) is 132 Å². The Morgan fingerprint density at radius 3 is 1.64 bits per heavy atom. The maximum atomic E-state index is 6.06. The number of fused-ring (bicyclic) bond motifs is 13. The molecule has 204 valence electrons. The van der Waals surface area contributed by atoms with Gasteiger partial charge < -0.3 is 4.42 Å². The number of furan rings is 1. The summed E-state index contributed by atoms with van der Waals surface area (Å²) in [7, 11) is 0. The SMILES string of the molecule is c1ccc2c(c1)nc1n2c2cc(-c3ccc(-c4ccc5oc6ccccc6c5c4)cc3)cc3c2n1c1nc2ccccc2n31. The van der Waals surface area contributed by atoms with Gasteiger partial charge >= 0.3 is 0 Å². The molecule has 6 aromatic carbocycles. The normalized spacial score (nSPS) is 12.5. The second kappa shape index (κ2) is 7.82. The van der Waals surface area contributed by atoms with E-state index in [0.29, 0.717) is 0 Å². The third-order valence-corrected chi connectivity index (χ3v) is 9.19. The van der Waals surface area contributed by atoms with Gasteiger partial charge in [0.05, 0.1) is 33.1 Å². The summed E-state index contributed by atoms with van der Waals surface area (Å²) in [6, 6.07) is 44.8. The minimum atomic E-state index is 0.881. The lowest BCUT2D eigenvalue weighted by Crippen LogP contribution is -1.88. The molecule has 0 bridgehead atoms. The van der Waals surface area contributed by atoms with Crippen molar-refractivity contribution in [2.45, 2.75) is 0 Å². The van der Waals surface area contributed by atoms with E-state index in [-0.39, 0.29) is 0 Å². The lowest BCUT2D eigenvalue weighted by Gasteiger charge is -2.07. The maximum Gasteiger partial charge on any atom is 0.223 e. The Morgan fingerprint density at radius 1 is 0.409 bits per heavy atom. The van der Waals surface area contributed by atoms with E-state index in [1.807, 2.05) is 24.3 Å². The van der Waals surface area contributed by atoms with E-state index in [9.17, 15) is 0 Å². The minimum absolute atomic E-state index is 0.881. The van der Waals surface area contributed by atoms with E-state index in [0.717, 1.165) is 83.2 Å². The molecular formula is C38H21N5O. The number of hydrogen-bond acceptors (Lipinski definition) is 3. The van der Waals surface area contributed by atoms with Crippen molar-refractivity contribution in [1.82, 2.24) is 23.2 Å². The molecule has 0 radical (unpaired) electrons. The Morgan fingerprint density at radius 2 is 0.955 bits per heavy atom. The number of para-hydroxylation sites is 5. The van der Waals surface area contributed by atoms with Crippen molar-refractivity contribution in [2.75, 3.05) is 0 Å². The van der Waals surface area contributed by atoms with Gasteiger partial charge in [0.15, 0.2) is 0 Å². The summed E-state index contributed by atoms with van der Waals surface area (Å²) >= 11 is 0. The second-order valence-electron chi connectivity index (χ2n) is 11.6. The smallest absolute Gasteiger partial charge is 0.223 e. The number of benzene rings is 6. The molecule has 0 aliphatic rings. The Kier molecular flexibility index (Phi) is 3.99. The van der Waals surface area contributed by atoms with Crippen molar-refractivity contribution >= 4 is 72.1 Å². The highest BCUT2D eigenvalue weighted by Crippen LogP contribution is 2.38. The molecule has 0 spiro atoms. The quantitative estimate of drug-likeness (QED) is 0.211. The monoisotopic (exact) mass is 563 g/mol. The second-order valence-corrected chi connectivity index (χ2v) is 11.6. The first-order valence-corrected chi connectivity index (χ1v) is 14.8. The van der Waals surface area contributed by atoms with Gasteiger partial charge in [-0.2, -0.15) is 0 Å². The third kappa shape index (κ3) is 2.75. The lowest BCUT2D eigenvalue weighted by molar-refractivity contribution is 0.669. The Labute approximate surface area is 249 Å². The number of hydrogen-bond donors (Lipinski definition) is 0. The predicted molar refractivity (Wildman–Crippen MR) is 177 cm³/mol. The zero-order valence-electron chi connectivity index (χ0n) is 23.3. The largest absolute Gasteiger partial charge is 0.456 e. The van der Waals surface area contributed by atoms with Crippen molar-refractivity contribution in [1.29, 1.82) is 0 Å². The summed E-state index contributed by atoms with van der Waals surface area (Å²) < 4.78 is 12.8. The average Bonchev–Trinajstić information content (AvgIpc) is 3.86. The molecule has 44 heavy (non-hydrogen) atoms. The molecule has 6 nitrogen and oxygen atoms in total. The van der Waals surface area contributed by atoms with Crippen LogP contribution in [0.2, 0.25) is 0 Å².